The van der Waals surface area contributed by atoms with Gasteiger partial charge in [-0.25, -0.2) is 24.1 Å². The lowest BCUT2D eigenvalue weighted by Gasteiger charge is -2.18. The number of aromatic nitrogens is 2. The lowest BCUT2D eigenvalue weighted by atomic mass is 9.90. The van der Waals surface area contributed by atoms with Gasteiger partial charge >= 0.3 is 6.09 Å². The maximum absolute atomic E-state index is 12.2. The summed E-state index contributed by atoms with van der Waals surface area (Å²) in [6.07, 6.45) is 10.9. The minimum absolute atomic E-state index is 0.0325. The van der Waals surface area contributed by atoms with Gasteiger partial charge in [0.05, 0.1) is 27.1 Å². The summed E-state index contributed by atoms with van der Waals surface area (Å²) in [6.45, 7) is 8.12. The second kappa shape index (κ2) is 16.2. The zero-order valence-corrected chi connectivity index (χ0v) is 23.9. The van der Waals surface area contributed by atoms with Crippen LogP contribution in [0.3, 0.4) is 0 Å². The Morgan fingerprint density at radius 2 is 1.97 bits per heavy atom. The van der Waals surface area contributed by atoms with Gasteiger partial charge in [0.25, 0.3) is 6.01 Å². The van der Waals surface area contributed by atoms with Crippen molar-refractivity contribution in [1.29, 1.82) is 0 Å². The van der Waals surface area contributed by atoms with Gasteiger partial charge in [0, 0.05) is 31.3 Å². The molecule has 0 saturated heterocycles. The van der Waals surface area contributed by atoms with E-state index in [9.17, 15) is 9.00 Å². The van der Waals surface area contributed by atoms with Crippen molar-refractivity contribution in [2.45, 2.75) is 83.3 Å². The van der Waals surface area contributed by atoms with Gasteiger partial charge in [-0.05, 0) is 38.3 Å². The predicted octanol–water partition coefficient (Wildman–Crippen LogP) is 6.22. The average Bonchev–Trinajstić information content (AvgIpc) is 3.62. The second-order valence-corrected chi connectivity index (χ2v) is 10.5. The van der Waals surface area contributed by atoms with Crippen LogP contribution in [0, 0.1) is 0 Å². The molecule has 0 radical (unpaired) electrons. The molecule has 9 nitrogen and oxygen atoms in total. The van der Waals surface area contributed by atoms with E-state index in [1.807, 2.05) is 38.2 Å². The number of anilines is 1. The van der Waals surface area contributed by atoms with Gasteiger partial charge in [0.15, 0.2) is 0 Å². The van der Waals surface area contributed by atoms with E-state index in [4.69, 9.17) is 9.56 Å². The number of carbonyl (C=O) groups excluding carboxylic acids is 1. The Hall–Kier alpha value is -2.76. The first kappa shape index (κ1) is 30.5. The van der Waals surface area contributed by atoms with Crippen LogP contribution in [0.15, 0.2) is 46.2 Å². The van der Waals surface area contributed by atoms with E-state index in [2.05, 4.69) is 25.3 Å². The molecule has 1 aliphatic rings. The van der Waals surface area contributed by atoms with Crippen LogP contribution >= 0.6 is 11.3 Å². The fourth-order valence-electron chi connectivity index (χ4n) is 3.76. The summed E-state index contributed by atoms with van der Waals surface area (Å²) in [6, 6.07) is 6.31. The first-order chi connectivity index (χ1) is 17.9. The molecule has 11 heteroatoms. The van der Waals surface area contributed by atoms with Gasteiger partial charge in [0.1, 0.15) is 17.2 Å². The fourth-order valence-corrected chi connectivity index (χ4v) is 5.61. The highest BCUT2D eigenvalue weighted by Gasteiger charge is 2.20. The van der Waals surface area contributed by atoms with Crippen molar-refractivity contribution in [2.75, 3.05) is 12.4 Å². The Bertz CT molecular complexity index is 1100. The van der Waals surface area contributed by atoms with E-state index in [0.717, 1.165) is 16.0 Å². The normalized spacial score (nSPS) is 14.0. The van der Waals surface area contributed by atoms with E-state index in [-0.39, 0.29) is 12.2 Å². The zero-order chi connectivity index (χ0) is 27.2. The van der Waals surface area contributed by atoms with Gasteiger partial charge in [-0.1, -0.05) is 45.2 Å². The molecule has 1 atom stereocenters. The summed E-state index contributed by atoms with van der Waals surface area (Å²) in [5.74, 6) is 0.564. The van der Waals surface area contributed by atoms with E-state index >= 15 is 0 Å². The number of carbonyl (C=O) groups is 1. The van der Waals surface area contributed by atoms with Crippen molar-refractivity contribution in [3.8, 4) is 10.4 Å². The van der Waals surface area contributed by atoms with Crippen molar-refractivity contribution in [3.63, 3.8) is 0 Å². The van der Waals surface area contributed by atoms with Crippen LogP contribution in [0.5, 0.6) is 0 Å². The van der Waals surface area contributed by atoms with Crippen LogP contribution in [0.25, 0.3) is 10.4 Å². The molecule has 1 saturated carbocycles. The number of alkyl carbamates (subject to hydrolysis) is 1. The monoisotopic (exact) mass is 549 g/mol. The topological polar surface area (TPSA) is 132 Å². The molecule has 204 valence electrons. The number of oxazole rings is 1. The van der Waals surface area contributed by atoms with Crippen molar-refractivity contribution in [2.24, 2.45) is 5.14 Å². The van der Waals surface area contributed by atoms with E-state index < -0.39 is 11.0 Å². The molecule has 0 bridgehead atoms. The number of nitrogens with two attached hydrogens (primary N) is 1. The highest BCUT2D eigenvalue weighted by molar-refractivity contribution is 7.82. The SMILES string of the molecule is CC.CNC(=O)OC(C)C.NS(=O)c1cc(CNc2ncco2)ccc1-c1cnc(C2CCCCC2)s1. The van der Waals surface area contributed by atoms with Crippen molar-refractivity contribution in [1.82, 2.24) is 15.3 Å². The summed E-state index contributed by atoms with van der Waals surface area (Å²) in [7, 11) is -0.0425. The average molecular weight is 550 g/mol. The fraction of sp³-hybridized carbons (Fsp3) is 0.500. The third-order valence-electron chi connectivity index (χ3n) is 5.43. The Balaban J connectivity index is 0.000000414. The van der Waals surface area contributed by atoms with E-state index in [0.29, 0.717) is 23.4 Å². The summed E-state index contributed by atoms with van der Waals surface area (Å²) in [5, 5.41) is 12.4. The van der Waals surface area contributed by atoms with Gasteiger partial charge < -0.3 is 19.8 Å². The second-order valence-electron chi connectivity index (χ2n) is 8.42. The molecule has 1 aromatic carbocycles. The summed E-state index contributed by atoms with van der Waals surface area (Å²) in [5.41, 5.74) is 1.86. The molecule has 0 spiro atoms. The molecule has 4 N–H and O–H groups in total. The quantitative estimate of drug-likeness (QED) is 0.319. The first-order valence-electron chi connectivity index (χ1n) is 12.6. The van der Waals surface area contributed by atoms with E-state index in [1.54, 1.807) is 31.4 Å². The largest absolute Gasteiger partial charge is 0.447 e. The Morgan fingerprint density at radius 1 is 1.24 bits per heavy atom. The number of benzene rings is 1. The molecule has 4 rings (SSSR count). The molecule has 37 heavy (non-hydrogen) atoms. The Kier molecular flexibility index (Phi) is 13.3. The molecule has 3 aromatic rings. The van der Waals surface area contributed by atoms with Crippen molar-refractivity contribution in [3.05, 3.63) is 47.4 Å². The van der Waals surface area contributed by atoms with Crippen molar-refractivity contribution >= 4 is 34.4 Å². The highest BCUT2D eigenvalue weighted by atomic mass is 32.2. The van der Waals surface area contributed by atoms with Gasteiger partial charge in [-0.15, -0.1) is 11.3 Å². The van der Waals surface area contributed by atoms with Crippen LogP contribution in [0.4, 0.5) is 10.8 Å². The van der Waals surface area contributed by atoms with E-state index in [1.165, 1.54) is 50.4 Å². The van der Waals surface area contributed by atoms with Crippen LogP contribution in [0.1, 0.15) is 76.3 Å². The molecule has 1 aliphatic carbocycles. The minimum atomic E-state index is -1.57. The third kappa shape index (κ3) is 9.90. The molecule has 2 aromatic heterocycles. The Morgan fingerprint density at radius 3 is 2.54 bits per heavy atom. The number of ether oxygens (including phenoxy) is 1. The molecule has 1 unspecified atom stereocenters. The number of nitrogens with one attached hydrogen (secondary N) is 2. The molecular weight excluding hydrogens is 510 g/mol. The van der Waals surface area contributed by atoms with Crippen LogP contribution in [-0.4, -0.2) is 33.4 Å². The van der Waals surface area contributed by atoms with Gasteiger partial charge in [-0.3, -0.25) is 0 Å². The Labute approximate surface area is 226 Å². The summed E-state index contributed by atoms with van der Waals surface area (Å²) < 4.78 is 22.0. The minimum Gasteiger partial charge on any atom is -0.447 e. The van der Waals surface area contributed by atoms with Crippen LogP contribution < -0.4 is 15.8 Å². The predicted molar refractivity (Wildman–Crippen MR) is 150 cm³/mol. The lowest BCUT2D eigenvalue weighted by molar-refractivity contribution is 0.117. The standard InChI is InChI=1S/C19H22N4O2S2.C5H11NO2.C2H6/c20-27(24)17-10-13(11-23-19-21-8-9-25-19)6-7-15(17)16-12-22-18(26-16)14-4-2-1-3-5-14;1-4(2)8-5(7)6-3;1-2/h6-10,12,14H,1-5,11,20H2,(H,21,23);4H,1-3H3,(H,6,7);1-2H3. The maximum atomic E-state index is 12.2. The third-order valence-corrected chi connectivity index (χ3v) is 7.39. The first-order valence-corrected chi connectivity index (χ1v) is 14.7. The number of nitrogens with zero attached hydrogens (tertiary/aromatic N) is 2. The molecular formula is C26H39N5O4S2. The zero-order valence-electron chi connectivity index (χ0n) is 22.3. The summed E-state index contributed by atoms with van der Waals surface area (Å²) >= 11 is 1.70. The van der Waals surface area contributed by atoms with Gasteiger partial charge in [0.2, 0.25) is 0 Å². The number of rotatable bonds is 7. The lowest BCUT2D eigenvalue weighted by Crippen LogP contribution is -2.22. The molecule has 0 aliphatic heterocycles. The van der Waals surface area contributed by atoms with Crippen LogP contribution in [0.2, 0.25) is 0 Å². The molecule has 2 heterocycles. The number of thiazole rings is 1. The number of hydrogen-bond acceptors (Lipinski definition) is 8. The number of hydrogen-bond donors (Lipinski definition) is 3. The van der Waals surface area contributed by atoms with Crippen LogP contribution in [-0.2, 0) is 22.3 Å². The molecule has 1 fully saturated rings. The van der Waals surface area contributed by atoms with Crippen molar-refractivity contribution < 1.29 is 18.2 Å². The summed E-state index contributed by atoms with van der Waals surface area (Å²) in [4.78, 5) is 20.6. The van der Waals surface area contributed by atoms with Gasteiger partial charge in [-0.2, -0.15) is 0 Å². The highest BCUT2D eigenvalue weighted by Crippen LogP contribution is 2.38. The maximum Gasteiger partial charge on any atom is 0.407 e. The number of amides is 1. The molecule has 1 amide bonds. The smallest absolute Gasteiger partial charge is 0.407 e.